The normalized spacial score (nSPS) is 24.0. The average molecular weight is 625 g/mol. The molecule has 3 N–H and O–H groups in total. The molecule has 1 aliphatic heterocycles. The zero-order valence-electron chi connectivity index (χ0n) is 21.9. The highest BCUT2D eigenvalue weighted by molar-refractivity contribution is 7.92. The third kappa shape index (κ3) is 5.20. The standard InChI is InChI=1S/C27H27F7N2O5S/c28-25(26(29,30)31,27(32,33)34)19-7-5-18(6-8-19)24(42(40,41)21-11-9-20(35)10-12-21)13-14-36(15-24)22(37)16-1-3-17(4-2-16)23(38)39/h5-12,16-17H,1-4,13-15,35H2,(H,38,39)/t16?,17?,24-/m0/s1. The first-order valence-electron chi connectivity index (χ1n) is 12.9. The largest absolute Gasteiger partial charge is 0.481 e. The Kier molecular flexibility index (Phi) is 8.06. The van der Waals surface area contributed by atoms with Crippen molar-refractivity contribution in [2.75, 3.05) is 18.8 Å². The van der Waals surface area contributed by atoms with E-state index in [0.29, 0.717) is 12.1 Å². The van der Waals surface area contributed by atoms with Crippen LogP contribution in [0.1, 0.15) is 43.2 Å². The van der Waals surface area contributed by atoms with Crippen LogP contribution in [0.4, 0.5) is 36.4 Å². The van der Waals surface area contributed by atoms with Crippen molar-refractivity contribution >= 4 is 27.4 Å². The van der Waals surface area contributed by atoms with E-state index < -0.39 is 68.4 Å². The monoisotopic (exact) mass is 624 g/mol. The molecule has 0 bridgehead atoms. The van der Waals surface area contributed by atoms with Gasteiger partial charge in [0, 0.05) is 30.3 Å². The number of nitrogen functional groups attached to an aromatic ring is 1. The van der Waals surface area contributed by atoms with E-state index in [-0.39, 0.29) is 66.9 Å². The molecule has 1 saturated carbocycles. The molecule has 15 heteroatoms. The van der Waals surface area contributed by atoms with Crippen molar-refractivity contribution in [3.8, 4) is 0 Å². The average Bonchev–Trinajstić information content (AvgIpc) is 3.39. The zero-order valence-corrected chi connectivity index (χ0v) is 22.7. The first-order valence-corrected chi connectivity index (χ1v) is 14.4. The molecular formula is C27H27F7N2O5S. The minimum absolute atomic E-state index is 0.105. The van der Waals surface area contributed by atoms with Crippen LogP contribution < -0.4 is 5.73 Å². The molecule has 1 amide bonds. The quantitative estimate of drug-likeness (QED) is 0.331. The van der Waals surface area contributed by atoms with Crippen molar-refractivity contribution in [1.29, 1.82) is 0 Å². The number of aliphatic carboxylic acids is 1. The fourth-order valence-corrected chi connectivity index (χ4v) is 7.87. The van der Waals surface area contributed by atoms with Crippen LogP contribution in [0.5, 0.6) is 0 Å². The number of amides is 1. The van der Waals surface area contributed by atoms with Crippen LogP contribution in [0.3, 0.4) is 0 Å². The van der Waals surface area contributed by atoms with E-state index in [1.807, 2.05) is 0 Å². The molecule has 1 heterocycles. The summed E-state index contributed by atoms with van der Waals surface area (Å²) >= 11 is 0. The van der Waals surface area contributed by atoms with Gasteiger partial charge in [0.15, 0.2) is 9.84 Å². The molecule has 0 spiro atoms. The number of benzene rings is 2. The predicted molar refractivity (Wildman–Crippen MR) is 135 cm³/mol. The third-order valence-electron chi connectivity index (χ3n) is 8.26. The predicted octanol–water partition coefficient (Wildman–Crippen LogP) is 5.35. The molecule has 1 aliphatic carbocycles. The van der Waals surface area contributed by atoms with Crippen LogP contribution in [-0.2, 0) is 29.8 Å². The number of nitrogens with two attached hydrogens (primary N) is 1. The minimum atomic E-state index is -6.35. The number of carboxylic acids is 1. The SMILES string of the molecule is Nc1ccc(S(=O)(=O)[C@@]2(c3ccc(C(F)(C(F)(F)F)C(F)(F)F)cc3)CCN(C(=O)C3CCC(C(=O)O)CC3)C2)cc1. The highest BCUT2D eigenvalue weighted by Gasteiger charge is 2.73. The lowest BCUT2D eigenvalue weighted by atomic mass is 9.81. The van der Waals surface area contributed by atoms with Crippen LogP contribution in [0.15, 0.2) is 53.4 Å². The summed E-state index contributed by atoms with van der Waals surface area (Å²) in [5, 5.41) is 9.22. The van der Waals surface area contributed by atoms with E-state index in [2.05, 4.69) is 0 Å². The van der Waals surface area contributed by atoms with Crippen LogP contribution >= 0.6 is 0 Å². The maximum Gasteiger partial charge on any atom is 0.435 e. The van der Waals surface area contributed by atoms with Gasteiger partial charge < -0.3 is 15.7 Å². The number of hydrogen-bond acceptors (Lipinski definition) is 5. The summed E-state index contributed by atoms with van der Waals surface area (Å²) in [6.07, 6.45) is -11.9. The van der Waals surface area contributed by atoms with E-state index in [9.17, 15) is 53.8 Å². The van der Waals surface area contributed by atoms with Crippen molar-refractivity contribution in [3.63, 3.8) is 0 Å². The second kappa shape index (κ2) is 10.7. The van der Waals surface area contributed by atoms with Crippen molar-refractivity contribution in [1.82, 2.24) is 4.90 Å². The summed E-state index contributed by atoms with van der Waals surface area (Å²) in [5.41, 5.74) is -1.80. The highest BCUT2D eigenvalue weighted by Crippen LogP contribution is 2.54. The molecule has 2 aromatic rings. The number of carboxylic acid groups (broad SMARTS) is 1. The maximum atomic E-state index is 14.7. The van der Waals surface area contributed by atoms with Crippen molar-refractivity contribution in [3.05, 3.63) is 59.7 Å². The van der Waals surface area contributed by atoms with Crippen LogP contribution in [0.25, 0.3) is 0 Å². The molecule has 4 rings (SSSR count). The van der Waals surface area contributed by atoms with Gasteiger partial charge in [-0.2, -0.15) is 26.3 Å². The van der Waals surface area contributed by atoms with Crippen LogP contribution in [-0.4, -0.2) is 55.7 Å². The number of sulfone groups is 1. The third-order valence-corrected chi connectivity index (χ3v) is 10.8. The molecule has 1 atom stereocenters. The van der Waals surface area contributed by atoms with E-state index in [1.54, 1.807) is 0 Å². The van der Waals surface area contributed by atoms with Gasteiger partial charge in [-0.25, -0.2) is 12.8 Å². The first kappa shape index (κ1) is 31.6. The van der Waals surface area contributed by atoms with Gasteiger partial charge in [0.25, 0.3) is 0 Å². The van der Waals surface area contributed by atoms with Gasteiger partial charge in [0.2, 0.25) is 5.91 Å². The maximum absolute atomic E-state index is 14.7. The highest BCUT2D eigenvalue weighted by atomic mass is 32.2. The number of alkyl halides is 7. The smallest absolute Gasteiger partial charge is 0.435 e. The number of likely N-dealkylation sites (tertiary alicyclic amines) is 1. The molecule has 1 saturated heterocycles. The Labute approximate surface area is 236 Å². The Morgan fingerprint density at radius 3 is 1.81 bits per heavy atom. The van der Waals surface area contributed by atoms with Gasteiger partial charge in [-0.05, 0) is 61.9 Å². The molecule has 0 unspecified atom stereocenters. The lowest BCUT2D eigenvalue weighted by Gasteiger charge is -2.33. The molecule has 7 nitrogen and oxygen atoms in total. The summed E-state index contributed by atoms with van der Waals surface area (Å²) in [6, 6.07) is 6.92. The summed E-state index contributed by atoms with van der Waals surface area (Å²) in [5.74, 6) is -2.59. The Hall–Kier alpha value is -3.36. The Morgan fingerprint density at radius 2 is 1.33 bits per heavy atom. The summed E-state index contributed by atoms with van der Waals surface area (Å²) < 4.78 is 121. The van der Waals surface area contributed by atoms with Gasteiger partial charge in [-0.15, -0.1) is 0 Å². The number of rotatable bonds is 6. The van der Waals surface area contributed by atoms with E-state index in [0.717, 1.165) is 0 Å². The van der Waals surface area contributed by atoms with Gasteiger partial charge in [0.1, 0.15) is 4.75 Å². The molecule has 230 valence electrons. The lowest BCUT2D eigenvalue weighted by Crippen LogP contribution is -2.50. The number of carbonyl (C=O) groups excluding carboxylic acids is 1. The molecule has 0 radical (unpaired) electrons. The number of nitrogens with zero attached hydrogens (tertiary/aromatic N) is 1. The minimum Gasteiger partial charge on any atom is -0.481 e. The first-order chi connectivity index (χ1) is 19.3. The molecular weight excluding hydrogens is 597 g/mol. The van der Waals surface area contributed by atoms with Crippen molar-refractivity contribution < 1.29 is 53.8 Å². The Morgan fingerprint density at radius 1 is 0.833 bits per heavy atom. The Balaban J connectivity index is 1.74. The molecule has 0 aromatic heterocycles. The molecule has 2 aromatic carbocycles. The number of hydrogen-bond donors (Lipinski definition) is 2. The van der Waals surface area contributed by atoms with Gasteiger partial charge in [0.05, 0.1) is 10.8 Å². The van der Waals surface area contributed by atoms with E-state index >= 15 is 0 Å². The zero-order chi connectivity index (χ0) is 31.3. The fraction of sp³-hybridized carbons (Fsp3) is 0.481. The second-order valence-corrected chi connectivity index (χ2v) is 13.0. The van der Waals surface area contributed by atoms with E-state index in [4.69, 9.17) is 5.73 Å². The summed E-state index contributed by atoms with van der Waals surface area (Å²) in [4.78, 5) is 25.7. The topological polar surface area (TPSA) is 118 Å². The van der Waals surface area contributed by atoms with E-state index in [1.165, 1.54) is 29.2 Å². The molecule has 2 fully saturated rings. The molecule has 42 heavy (non-hydrogen) atoms. The number of carbonyl (C=O) groups is 2. The molecule has 2 aliphatic rings. The van der Waals surface area contributed by atoms with Crippen LogP contribution in [0, 0.1) is 11.8 Å². The second-order valence-electron chi connectivity index (χ2n) is 10.7. The number of halogens is 7. The van der Waals surface area contributed by atoms with Crippen molar-refractivity contribution in [2.45, 2.75) is 59.8 Å². The summed E-state index contributed by atoms with van der Waals surface area (Å²) in [7, 11) is -4.46. The van der Waals surface area contributed by atoms with Crippen LogP contribution in [0.2, 0.25) is 0 Å². The van der Waals surface area contributed by atoms with Gasteiger partial charge in [-0.1, -0.05) is 24.3 Å². The Bertz CT molecular complexity index is 1420. The number of anilines is 1. The lowest BCUT2D eigenvalue weighted by molar-refractivity contribution is -0.348. The summed E-state index contributed by atoms with van der Waals surface area (Å²) in [6.45, 7) is -0.581. The fourth-order valence-electron chi connectivity index (χ4n) is 5.79. The van der Waals surface area contributed by atoms with Crippen molar-refractivity contribution in [2.24, 2.45) is 11.8 Å². The van der Waals surface area contributed by atoms with Gasteiger partial charge >= 0.3 is 24.0 Å². The van der Waals surface area contributed by atoms with Gasteiger partial charge in [-0.3, -0.25) is 9.59 Å².